The maximum Gasteiger partial charge on any atom is 0.189 e. The largest absolute Gasteiger partial charge is 0.468 e. The Labute approximate surface area is 226 Å². The Balaban J connectivity index is 2.35. The molecule has 0 aliphatic heterocycles. The van der Waals surface area contributed by atoms with E-state index in [-0.39, 0.29) is 26.2 Å². The second kappa shape index (κ2) is 17.2. The van der Waals surface area contributed by atoms with Crippen LogP contribution in [0.15, 0.2) is 65.8 Å². The van der Waals surface area contributed by atoms with Crippen molar-refractivity contribution < 1.29 is 33.2 Å². The molecule has 0 unspecified atom stereocenters. The molecule has 7 heteroatoms. The number of ketones is 1. The summed E-state index contributed by atoms with van der Waals surface area (Å²) in [4.78, 5) is 13.3. The lowest BCUT2D eigenvalue weighted by atomic mass is 9.99. The molecule has 0 fully saturated rings. The van der Waals surface area contributed by atoms with Gasteiger partial charge in [0.1, 0.15) is 17.2 Å². The molecule has 7 nitrogen and oxygen atoms in total. The zero-order valence-electron chi connectivity index (χ0n) is 23.4. The molecule has 0 radical (unpaired) electrons. The van der Waals surface area contributed by atoms with Crippen molar-refractivity contribution in [2.45, 2.75) is 40.0 Å². The molecule has 2 aromatic carbocycles. The van der Waals surface area contributed by atoms with E-state index < -0.39 is 0 Å². The maximum absolute atomic E-state index is 13.3. The lowest BCUT2D eigenvalue weighted by Gasteiger charge is -2.18. The molecule has 0 spiro atoms. The van der Waals surface area contributed by atoms with Crippen molar-refractivity contribution in [1.29, 1.82) is 0 Å². The molecule has 0 saturated heterocycles. The van der Waals surface area contributed by atoms with Crippen LogP contribution < -0.4 is 14.2 Å². The van der Waals surface area contributed by atoms with Crippen LogP contribution in [0.4, 0.5) is 0 Å². The molecule has 0 aliphatic rings. The average molecular weight is 525 g/mol. The Morgan fingerprint density at radius 3 is 2.11 bits per heavy atom. The van der Waals surface area contributed by atoms with Crippen LogP contribution in [0.1, 0.15) is 55.1 Å². The van der Waals surface area contributed by atoms with Crippen molar-refractivity contribution >= 4 is 11.9 Å². The molecule has 0 amide bonds. The lowest BCUT2D eigenvalue weighted by molar-refractivity contribution is 0.0444. The Morgan fingerprint density at radius 2 is 1.45 bits per heavy atom. The second-order valence-electron chi connectivity index (χ2n) is 8.91. The molecule has 0 bridgehead atoms. The minimum atomic E-state index is -0.195. The fraction of sp³-hybridized carbons (Fsp3) is 0.387. The number of ether oxygens (including phenoxy) is 6. The van der Waals surface area contributed by atoms with E-state index in [1.165, 1.54) is 17.2 Å². The van der Waals surface area contributed by atoms with Crippen molar-refractivity contribution in [3.05, 3.63) is 82.5 Å². The fourth-order valence-electron chi connectivity index (χ4n) is 3.57. The van der Waals surface area contributed by atoms with Gasteiger partial charge < -0.3 is 28.4 Å². The van der Waals surface area contributed by atoms with Gasteiger partial charge in [-0.15, -0.1) is 0 Å². The molecule has 206 valence electrons. The minimum Gasteiger partial charge on any atom is -0.468 e. The Hall–Kier alpha value is -3.39. The highest BCUT2D eigenvalue weighted by molar-refractivity contribution is 6.09. The molecule has 0 N–H and O–H groups in total. The van der Waals surface area contributed by atoms with E-state index in [9.17, 15) is 4.79 Å². The smallest absolute Gasteiger partial charge is 0.189 e. The summed E-state index contributed by atoms with van der Waals surface area (Å²) in [7, 11) is 4.67. The van der Waals surface area contributed by atoms with Crippen LogP contribution in [-0.4, -0.2) is 47.5 Å². The third kappa shape index (κ3) is 10.5. The third-order valence-corrected chi connectivity index (χ3v) is 5.53. The lowest BCUT2D eigenvalue weighted by Crippen LogP contribution is -2.10. The summed E-state index contributed by atoms with van der Waals surface area (Å²) < 4.78 is 32.4. The fourth-order valence-corrected chi connectivity index (χ4v) is 3.57. The van der Waals surface area contributed by atoms with E-state index in [4.69, 9.17) is 28.4 Å². The predicted molar refractivity (Wildman–Crippen MR) is 150 cm³/mol. The van der Waals surface area contributed by atoms with E-state index in [2.05, 4.69) is 32.9 Å². The number of rotatable bonds is 17. The van der Waals surface area contributed by atoms with Gasteiger partial charge in [-0.25, -0.2) is 0 Å². The number of methoxy groups -OCH3 is 3. The molecule has 38 heavy (non-hydrogen) atoms. The van der Waals surface area contributed by atoms with Gasteiger partial charge in [-0.3, -0.25) is 4.79 Å². The van der Waals surface area contributed by atoms with E-state index in [1.807, 2.05) is 24.3 Å². The van der Waals surface area contributed by atoms with Gasteiger partial charge in [0, 0.05) is 26.9 Å². The van der Waals surface area contributed by atoms with E-state index >= 15 is 0 Å². The SMILES string of the molecule is COCOc1ccc(/C=C/C(=O)c2ccc(OCOC)c(C/C=C(\C)CCC=C(C)C)c2OCOC)cc1. The zero-order chi connectivity index (χ0) is 27.8. The number of carbonyl (C=O) groups excluding carboxylic acids is 1. The van der Waals surface area contributed by atoms with Gasteiger partial charge in [0.2, 0.25) is 0 Å². The molecular formula is C31H40O7. The summed E-state index contributed by atoms with van der Waals surface area (Å²) in [6, 6.07) is 10.9. The van der Waals surface area contributed by atoms with E-state index in [0.29, 0.717) is 29.2 Å². The zero-order valence-corrected chi connectivity index (χ0v) is 23.4. The molecule has 0 atom stereocenters. The Bertz CT molecular complexity index is 1090. The molecular weight excluding hydrogens is 484 g/mol. The number of carbonyl (C=O) groups is 1. The van der Waals surface area contributed by atoms with Crippen molar-refractivity contribution in [2.24, 2.45) is 0 Å². The number of hydrogen-bond acceptors (Lipinski definition) is 7. The normalized spacial score (nSPS) is 11.5. The Morgan fingerprint density at radius 1 is 0.789 bits per heavy atom. The summed E-state index contributed by atoms with van der Waals surface area (Å²) in [5, 5.41) is 0. The van der Waals surface area contributed by atoms with Crippen LogP contribution in [0.5, 0.6) is 17.2 Å². The molecule has 0 heterocycles. The van der Waals surface area contributed by atoms with Crippen LogP contribution in [0.3, 0.4) is 0 Å². The van der Waals surface area contributed by atoms with Crippen LogP contribution in [0.25, 0.3) is 6.08 Å². The summed E-state index contributed by atoms with van der Waals surface area (Å²) in [5.74, 6) is 1.52. The van der Waals surface area contributed by atoms with E-state index in [1.54, 1.807) is 39.5 Å². The second-order valence-corrected chi connectivity index (χ2v) is 8.91. The van der Waals surface area contributed by atoms with Crippen LogP contribution in [0, 0.1) is 0 Å². The van der Waals surface area contributed by atoms with Gasteiger partial charge in [-0.1, -0.05) is 41.5 Å². The highest BCUT2D eigenvalue weighted by atomic mass is 16.7. The first-order valence-electron chi connectivity index (χ1n) is 12.5. The average Bonchev–Trinajstić information content (AvgIpc) is 2.91. The van der Waals surface area contributed by atoms with Gasteiger partial charge in [0.05, 0.1) is 5.56 Å². The van der Waals surface area contributed by atoms with Crippen LogP contribution in [-0.2, 0) is 20.6 Å². The molecule has 0 aromatic heterocycles. The number of allylic oxidation sites excluding steroid dienone is 5. The first kappa shape index (κ1) is 30.8. The summed E-state index contributed by atoms with van der Waals surface area (Å²) in [5.41, 5.74) is 4.59. The molecule has 0 saturated carbocycles. The quantitative estimate of drug-likeness (QED) is 0.0979. The first-order chi connectivity index (χ1) is 18.4. The summed E-state index contributed by atoms with van der Waals surface area (Å²) in [6.07, 6.45) is 10.1. The van der Waals surface area contributed by atoms with Gasteiger partial charge in [-0.05, 0) is 75.9 Å². The van der Waals surface area contributed by atoms with Crippen molar-refractivity contribution in [2.75, 3.05) is 41.7 Å². The summed E-state index contributed by atoms with van der Waals surface area (Å²) >= 11 is 0. The highest BCUT2D eigenvalue weighted by Gasteiger charge is 2.19. The topological polar surface area (TPSA) is 72.5 Å². The first-order valence-corrected chi connectivity index (χ1v) is 12.5. The van der Waals surface area contributed by atoms with Crippen LogP contribution in [0.2, 0.25) is 0 Å². The molecule has 0 aliphatic carbocycles. The van der Waals surface area contributed by atoms with Crippen molar-refractivity contribution in [3.8, 4) is 17.2 Å². The van der Waals surface area contributed by atoms with Gasteiger partial charge >= 0.3 is 0 Å². The van der Waals surface area contributed by atoms with E-state index in [0.717, 1.165) is 24.0 Å². The molecule has 2 aromatic rings. The standard InChI is InChI=1S/C31H40O7/c1-23(2)8-7-9-24(3)10-16-28-30(37-21-34-5)19-17-27(31(28)38-22-35-6)29(32)18-13-25-11-14-26(15-12-25)36-20-33-4/h8,10-15,17-19H,7,9,16,20-22H2,1-6H3/b18-13+,24-10+. The Kier molecular flexibility index (Phi) is 13.9. The van der Waals surface area contributed by atoms with Crippen molar-refractivity contribution in [1.82, 2.24) is 0 Å². The van der Waals surface area contributed by atoms with Crippen molar-refractivity contribution in [3.63, 3.8) is 0 Å². The van der Waals surface area contributed by atoms with Crippen LogP contribution >= 0.6 is 0 Å². The third-order valence-electron chi connectivity index (χ3n) is 5.53. The summed E-state index contributed by atoms with van der Waals surface area (Å²) in [6.45, 7) is 6.55. The van der Waals surface area contributed by atoms with Gasteiger partial charge in [0.15, 0.2) is 26.2 Å². The maximum atomic E-state index is 13.3. The van der Waals surface area contributed by atoms with Gasteiger partial charge in [-0.2, -0.15) is 0 Å². The monoisotopic (exact) mass is 524 g/mol. The number of benzene rings is 2. The number of hydrogen-bond donors (Lipinski definition) is 0. The molecule has 2 rings (SSSR count). The minimum absolute atomic E-state index is 0.00305. The highest BCUT2D eigenvalue weighted by Crippen LogP contribution is 2.35. The van der Waals surface area contributed by atoms with Gasteiger partial charge in [0.25, 0.3) is 0 Å². The predicted octanol–water partition coefficient (Wildman–Crippen LogP) is 6.77.